The Morgan fingerprint density at radius 3 is 2.78 bits per heavy atom. The van der Waals surface area contributed by atoms with Crippen molar-refractivity contribution in [2.24, 2.45) is 0 Å². The van der Waals surface area contributed by atoms with Crippen LogP contribution in [0.1, 0.15) is 33.6 Å². The molecule has 0 spiro atoms. The number of hydrogen-bond acceptors (Lipinski definition) is 6. The van der Waals surface area contributed by atoms with Crippen molar-refractivity contribution in [3.05, 3.63) is 17.5 Å². The molecule has 0 bridgehead atoms. The molecule has 128 valence electrons. The van der Waals surface area contributed by atoms with Gasteiger partial charge in [-0.2, -0.15) is 0 Å². The molecule has 0 aliphatic carbocycles. The Labute approximate surface area is 140 Å². The standard InChI is InChI=1S/C14H20ClN3O4S/c1-14(2,3)22-13(19)18-8-4-5-10(18)9-23(20,21)11-6-7-16-12(15)17-11/h6-7,10H,4-5,8-9H2,1-3H3/t10-/m1/s1. The van der Waals surface area contributed by atoms with E-state index in [2.05, 4.69) is 9.97 Å². The Balaban J connectivity index is 2.13. The lowest BCUT2D eigenvalue weighted by molar-refractivity contribution is 0.0241. The van der Waals surface area contributed by atoms with Gasteiger partial charge >= 0.3 is 6.09 Å². The quantitative estimate of drug-likeness (QED) is 0.606. The Kier molecular flexibility index (Phi) is 5.15. The first-order chi connectivity index (χ1) is 10.6. The van der Waals surface area contributed by atoms with Gasteiger partial charge in [0.25, 0.3) is 0 Å². The topological polar surface area (TPSA) is 89.5 Å². The number of nitrogens with zero attached hydrogens (tertiary/aromatic N) is 3. The average molecular weight is 362 g/mol. The van der Waals surface area contributed by atoms with Crippen molar-refractivity contribution in [3.63, 3.8) is 0 Å². The van der Waals surface area contributed by atoms with Crippen LogP contribution in [0, 0.1) is 0 Å². The van der Waals surface area contributed by atoms with Crippen molar-refractivity contribution in [3.8, 4) is 0 Å². The SMILES string of the molecule is CC(C)(C)OC(=O)N1CCC[C@@H]1CS(=O)(=O)c1ccnc(Cl)n1. The molecule has 2 heterocycles. The number of ether oxygens (including phenoxy) is 1. The lowest BCUT2D eigenvalue weighted by Crippen LogP contribution is -2.42. The third-order valence-electron chi connectivity index (χ3n) is 3.34. The molecule has 0 aromatic carbocycles. The molecule has 2 rings (SSSR count). The number of hydrogen-bond donors (Lipinski definition) is 0. The average Bonchev–Trinajstić information content (AvgIpc) is 2.84. The van der Waals surface area contributed by atoms with Crippen LogP contribution in [-0.4, -0.2) is 53.3 Å². The highest BCUT2D eigenvalue weighted by molar-refractivity contribution is 7.91. The number of rotatable bonds is 3. The summed E-state index contributed by atoms with van der Waals surface area (Å²) in [6.07, 6.45) is 2.15. The van der Waals surface area contributed by atoms with E-state index in [1.54, 1.807) is 20.8 Å². The second-order valence-corrected chi connectivity index (χ2v) is 8.73. The van der Waals surface area contributed by atoms with Gasteiger partial charge in [-0.05, 0) is 51.3 Å². The number of sulfone groups is 1. The zero-order valence-corrected chi connectivity index (χ0v) is 14.9. The molecule has 1 fully saturated rings. The highest BCUT2D eigenvalue weighted by atomic mass is 35.5. The molecule has 0 unspecified atom stereocenters. The zero-order valence-electron chi connectivity index (χ0n) is 13.3. The molecule has 23 heavy (non-hydrogen) atoms. The van der Waals surface area contributed by atoms with E-state index in [4.69, 9.17) is 16.3 Å². The van der Waals surface area contributed by atoms with Gasteiger partial charge in [-0.15, -0.1) is 0 Å². The van der Waals surface area contributed by atoms with Gasteiger partial charge in [-0.1, -0.05) is 0 Å². The second-order valence-electron chi connectivity index (χ2n) is 6.42. The fraction of sp³-hybridized carbons (Fsp3) is 0.643. The molecule has 1 atom stereocenters. The van der Waals surface area contributed by atoms with Gasteiger partial charge in [0.1, 0.15) is 5.60 Å². The van der Waals surface area contributed by atoms with E-state index < -0.39 is 27.6 Å². The summed E-state index contributed by atoms with van der Waals surface area (Å²) in [6, 6.07) is 0.872. The van der Waals surface area contributed by atoms with Crippen LogP contribution in [0.15, 0.2) is 17.3 Å². The summed E-state index contributed by atoms with van der Waals surface area (Å²) < 4.78 is 30.3. The summed E-state index contributed by atoms with van der Waals surface area (Å²) in [7, 11) is -3.66. The van der Waals surface area contributed by atoms with Gasteiger partial charge < -0.3 is 9.64 Å². The van der Waals surface area contributed by atoms with Crippen LogP contribution in [0.25, 0.3) is 0 Å². The third-order valence-corrected chi connectivity index (χ3v) is 5.21. The van der Waals surface area contributed by atoms with Gasteiger partial charge in [0, 0.05) is 18.8 Å². The number of carbonyl (C=O) groups excluding carboxylic acids is 1. The molecule has 0 saturated carbocycles. The molecule has 1 aromatic rings. The van der Waals surface area contributed by atoms with Gasteiger partial charge in [-0.25, -0.2) is 23.2 Å². The molecule has 1 saturated heterocycles. The monoisotopic (exact) mass is 361 g/mol. The van der Waals surface area contributed by atoms with Crippen LogP contribution >= 0.6 is 11.6 Å². The van der Waals surface area contributed by atoms with Gasteiger partial charge in [0.15, 0.2) is 14.9 Å². The molecule has 0 N–H and O–H groups in total. The fourth-order valence-electron chi connectivity index (χ4n) is 2.40. The molecule has 9 heteroatoms. The highest BCUT2D eigenvalue weighted by Crippen LogP contribution is 2.24. The first kappa shape index (κ1) is 17.9. The predicted molar refractivity (Wildman–Crippen MR) is 85.1 cm³/mol. The minimum atomic E-state index is -3.66. The van der Waals surface area contributed by atoms with E-state index in [0.717, 1.165) is 6.42 Å². The van der Waals surface area contributed by atoms with Crippen molar-refractivity contribution < 1.29 is 17.9 Å². The fourth-order valence-corrected chi connectivity index (χ4v) is 4.12. The summed E-state index contributed by atoms with van der Waals surface area (Å²) in [5, 5.41) is -0.255. The van der Waals surface area contributed by atoms with Crippen LogP contribution in [0.3, 0.4) is 0 Å². The van der Waals surface area contributed by atoms with Gasteiger partial charge in [-0.3, -0.25) is 0 Å². The summed E-state index contributed by atoms with van der Waals surface area (Å²) >= 11 is 5.65. The second kappa shape index (κ2) is 6.60. The van der Waals surface area contributed by atoms with Gasteiger partial charge in [0.05, 0.1) is 5.75 Å². The van der Waals surface area contributed by atoms with E-state index >= 15 is 0 Å². The van der Waals surface area contributed by atoms with Crippen LogP contribution in [0.5, 0.6) is 0 Å². The third kappa shape index (κ3) is 4.78. The molecule has 0 radical (unpaired) electrons. The summed E-state index contributed by atoms with van der Waals surface area (Å²) in [5.41, 5.74) is -0.622. The van der Waals surface area contributed by atoms with E-state index in [9.17, 15) is 13.2 Å². The van der Waals surface area contributed by atoms with Crippen LogP contribution in [0.2, 0.25) is 5.28 Å². The first-order valence-corrected chi connectivity index (χ1v) is 9.32. The number of likely N-dealkylation sites (tertiary alicyclic amines) is 1. The Hall–Kier alpha value is -1.41. The van der Waals surface area contributed by atoms with Gasteiger partial charge in [0.2, 0.25) is 5.28 Å². The van der Waals surface area contributed by atoms with E-state index in [1.807, 2.05) is 0 Å². The molecule has 7 nitrogen and oxygen atoms in total. The number of amides is 1. The van der Waals surface area contributed by atoms with Crippen molar-refractivity contribution in [1.82, 2.24) is 14.9 Å². The van der Waals surface area contributed by atoms with E-state index in [0.29, 0.717) is 13.0 Å². The minimum absolute atomic E-state index is 0.124. The molecular weight excluding hydrogens is 342 g/mol. The predicted octanol–water partition coefficient (Wildman–Crippen LogP) is 2.30. The van der Waals surface area contributed by atoms with Crippen LogP contribution < -0.4 is 0 Å². The molecular formula is C14H20ClN3O4S. The zero-order chi connectivity index (χ0) is 17.3. The lowest BCUT2D eigenvalue weighted by atomic mass is 10.2. The largest absolute Gasteiger partial charge is 0.444 e. The Morgan fingerprint density at radius 2 is 2.17 bits per heavy atom. The van der Waals surface area contributed by atoms with Crippen LogP contribution in [0.4, 0.5) is 4.79 Å². The van der Waals surface area contributed by atoms with Crippen molar-refractivity contribution in [2.75, 3.05) is 12.3 Å². The van der Waals surface area contributed by atoms with Crippen molar-refractivity contribution >= 4 is 27.5 Å². The summed E-state index contributed by atoms with van der Waals surface area (Å²) in [4.78, 5) is 21.1. The smallest absolute Gasteiger partial charge is 0.410 e. The molecule has 1 aromatic heterocycles. The lowest BCUT2D eigenvalue weighted by Gasteiger charge is -2.28. The molecule has 1 aliphatic heterocycles. The Morgan fingerprint density at radius 1 is 1.48 bits per heavy atom. The Bertz CT molecular complexity index is 688. The first-order valence-electron chi connectivity index (χ1n) is 7.29. The maximum Gasteiger partial charge on any atom is 0.410 e. The maximum atomic E-state index is 12.5. The summed E-state index contributed by atoms with van der Waals surface area (Å²) in [6.45, 7) is 5.81. The van der Waals surface area contributed by atoms with Crippen molar-refractivity contribution in [2.45, 2.75) is 50.3 Å². The summed E-state index contributed by atoms with van der Waals surface area (Å²) in [5.74, 6) is -0.209. The molecule has 1 amide bonds. The highest BCUT2D eigenvalue weighted by Gasteiger charge is 2.35. The number of halogens is 1. The number of carbonyl (C=O) groups is 1. The van der Waals surface area contributed by atoms with E-state index in [1.165, 1.54) is 17.2 Å². The minimum Gasteiger partial charge on any atom is -0.444 e. The maximum absolute atomic E-state index is 12.5. The van der Waals surface area contributed by atoms with Crippen molar-refractivity contribution in [1.29, 1.82) is 0 Å². The normalized spacial score (nSPS) is 19.0. The molecule has 1 aliphatic rings. The number of aromatic nitrogens is 2. The van der Waals surface area contributed by atoms with Crippen LogP contribution in [-0.2, 0) is 14.6 Å². The van der Waals surface area contributed by atoms with E-state index in [-0.39, 0.29) is 16.1 Å².